The Kier molecular flexibility index (Phi) is 4.46. The van der Waals surface area contributed by atoms with Crippen LogP contribution in [0, 0.1) is 11.8 Å². The molecule has 0 saturated heterocycles. The molecule has 0 aromatic rings. The van der Waals surface area contributed by atoms with Crippen LogP contribution in [0.3, 0.4) is 0 Å². The molecule has 0 fully saturated rings. The Morgan fingerprint density at radius 2 is 1.58 bits per heavy atom. The molecular formula is C10H21NO. The van der Waals surface area contributed by atoms with Crippen molar-refractivity contribution in [3.05, 3.63) is 0 Å². The molecule has 2 atom stereocenters. The summed E-state index contributed by atoms with van der Waals surface area (Å²) in [6.07, 6.45) is 0. The number of carbonyl (C=O) groups excluding carboxylic acids is 1. The molecule has 0 spiro atoms. The van der Waals surface area contributed by atoms with Crippen molar-refractivity contribution in [3.8, 4) is 0 Å². The molecule has 0 N–H and O–H groups in total. The molecule has 0 aromatic carbocycles. The van der Waals surface area contributed by atoms with Crippen LogP contribution in [0.5, 0.6) is 0 Å². The molecular weight excluding hydrogens is 150 g/mol. The van der Waals surface area contributed by atoms with Gasteiger partial charge >= 0.3 is 0 Å². The van der Waals surface area contributed by atoms with Crippen molar-refractivity contribution in [2.75, 3.05) is 14.1 Å². The van der Waals surface area contributed by atoms with Crippen LogP contribution >= 0.6 is 0 Å². The highest BCUT2D eigenvalue weighted by atomic mass is 16.1. The van der Waals surface area contributed by atoms with E-state index >= 15 is 0 Å². The molecule has 0 aliphatic rings. The van der Waals surface area contributed by atoms with Crippen LogP contribution in [-0.2, 0) is 4.79 Å². The van der Waals surface area contributed by atoms with Gasteiger partial charge < -0.3 is 4.90 Å². The lowest BCUT2D eigenvalue weighted by Crippen LogP contribution is -2.41. The first-order valence-corrected chi connectivity index (χ1v) is 4.54. The largest absolute Gasteiger partial charge is 0.305 e. The molecule has 0 rings (SSSR count). The lowest BCUT2D eigenvalue weighted by atomic mass is 9.88. The maximum absolute atomic E-state index is 11.2. The monoisotopic (exact) mass is 171 g/mol. The zero-order valence-electron chi connectivity index (χ0n) is 9.09. The Hall–Kier alpha value is -0.370. The first kappa shape index (κ1) is 11.6. The van der Waals surface area contributed by atoms with Crippen LogP contribution in [0.25, 0.3) is 0 Å². The van der Waals surface area contributed by atoms with E-state index in [0.29, 0.717) is 12.0 Å². The van der Waals surface area contributed by atoms with E-state index in [-0.39, 0.29) is 11.7 Å². The summed E-state index contributed by atoms with van der Waals surface area (Å²) < 4.78 is 0. The first-order valence-electron chi connectivity index (χ1n) is 4.54. The van der Waals surface area contributed by atoms with E-state index in [2.05, 4.69) is 18.7 Å². The molecule has 0 aliphatic carbocycles. The molecule has 2 unspecified atom stereocenters. The summed E-state index contributed by atoms with van der Waals surface area (Å²) in [6, 6.07) is 0.363. The van der Waals surface area contributed by atoms with Crippen LogP contribution in [0.2, 0.25) is 0 Å². The van der Waals surface area contributed by atoms with Crippen molar-refractivity contribution in [3.63, 3.8) is 0 Å². The van der Waals surface area contributed by atoms with Gasteiger partial charge in [-0.05, 0) is 26.9 Å². The Bertz CT molecular complexity index is 144. The lowest BCUT2D eigenvalue weighted by molar-refractivity contribution is -0.122. The second-order valence-electron chi connectivity index (χ2n) is 4.10. The van der Waals surface area contributed by atoms with E-state index in [9.17, 15) is 4.79 Å². The predicted octanol–water partition coefficient (Wildman–Crippen LogP) is 1.80. The Balaban J connectivity index is 4.40. The molecule has 72 valence electrons. The summed E-state index contributed by atoms with van der Waals surface area (Å²) in [7, 11) is 4.06. The summed E-state index contributed by atoms with van der Waals surface area (Å²) in [5.74, 6) is 0.946. The third-order valence-corrected chi connectivity index (χ3v) is 2.43. The van der Waals surface area contributed by atoms with Crippen LogP contribution in [0.4, 0.5) is 0 Å². The quantitative estimate of drug-likeness (QED) is 0.643. The fraction of sp³-hybridized carbons (Fsp3) is 0.900. The van der Waals surface area contributed by atoms with Gasteiger partial charge in [-0.25, -0.2) is 0 Å². The number of nitrogens with zero attached hydrogens (tertiary/aromatic N) is 1. The lowest BCUT2D eigenvalue weighted by Gasteiger charge is -2.31. The van der Waals surface area contributed by atoms with Crippen LogP contribution < -0.4 is 0 Å². The molecule has 2 nitrogen and oxygen atoms in total. The van der Waals surface area contributed by atoms with Crippen LogP contribution in [0.15, 0.2) is 0 Å². The van der Waals surface area contributed by atoms with Gasteiger partial charge in [-0.1, -0.05) is 20.8 Å². The van der Waals surface area contributed by atoms with E-state index in [4.69, 9.17) is 0 Å². The van der Waals surface area contributed by atoms with Crippen LogP contribution in [0.1, 0.15) is 27.7 Å². The summed E-state index contributed by atoms with van der Waals surface area (Å²) in [5, 5.41) is 0. The summed E-state index contributed by atoms with van der Waals surface area (Å²) in [6.45, 7) is 7.99. The Morgan fingerprint density at radius 1 is 1.17 bits per heavy atom. The van der Waals surface area contributed by atoms with Gasteiger partial charge in [-0.3, -0.25) is 4.79 Å². The minimum atomic E-state index is 0.139. The van der Waals surface area contributed by atoms with E-state index in [1.54, 1.807) is 6.92 Å². The number of Topliss-reactive ketones (excluding diaryl/α,β-unsaturated/α-hetero) is 1. The fourth-order valence-corrected chi connectivity index (χ4v) is 1.86. The number of hydrogen-bond acceptors (Lipinski definition) is 2. The van der Waals surface area contributed by atoms with Crippen molar-refractivity contribution in [1.82, 2.24) is 4.90 Å². The molecule has 0 aromatic heterocycles. The summed E-state index contributed by atoms with van der Waals surface area (Å²) in [4.78, 5) is 13.3. The summed E-state index contributed by atoms with van der Waals surface area (Å²) in [5.41, 5.74) is 0. The van der Waals surface area contributed by atoms with E-state index in [1.165, 1.54) is 0 Å². The highest BCUT2D eigenvalue weighted by molar-refractivity contribution is 5.78. The second kappa shape index (κ2) is 4.61. The van der Waals surface area contributed by atoms with Gasteiger partial charge in [0.25, 0.3) is 0 Å². The second-order valence-corrected chi connectivity index (χ2v) is 4.10. The van der Waals surface area contributed by atoms with Gasteiger partial charge in [-0.15, -0.1) is 0 Å². The predicted molar refractivity (Wildman–Crippen MR) is 52.2 cm³/mol. The number of carbonyl (C=O) groups is 1. The highest BCUT2D eigenvalue weighted by Crippen LogP contribution is 2.17. The number of ketones is 1. The van der Waals surface area contributed by atoms with Crippen molar-refractivity contribution in [2.24, 2.45) is 11.8 Å². The van der Waals surface area contributed by atoms with Crippen molar-refractivity contribution in [2.45, 2.75) is 33.7 Å². The standard InChI is InChI=1S/C10H21NO/c1-7(2)10(11(5)6)8(3)9(4)12/h7-8,10H,1-6H3. The normalized spacial score (nSPS) is 16.7. The molecule has 0 heterocycles. The van der Waals surface area contributed by atoms with Gasteiger partial charge in [0.1, 0.15) is 5.78 Å². The van der Waals surface area contributed by atoms with Gasteiger partial charge in [0.2, 0.25) is 0 Å². The van der Waals surface area contributed by atoms with Gasteiger partial charge in [0.15, 0.2) is 0 Å². The van der Waals surface area contributed by atoms with Crippen LogP contribution in [-0.4, -0.2) is 30.8 Å². The van der Waals surface area contributed by atoms with E-state index in [0.717, 1.165) is 0 Å². The zero-order chi connectivity index (χ0) is 9.89. The fourth-order valence-electron chi connectivity index (χ4n) is 1.86. The Labute approximate surface area is 75.9 Å². The maximum Gasteiger partial charge on any atom is 0.134 e. The molecule has 0 aliphatic heterocycles. The summed E-state index contributed by atoms with van der Waals surface area (Å²) >= 11 is 0. The minimum absolute atomic E-state index is 0.139. The van der Waals surface area contributed by atoms with Gasteiger partial charge in [0, 0.05) is 12.0 Å². The Morgan fingerprint density at radius 3 is 1.67 bits per heavy atom. The molecule has 12 heavy (non-hydrogen) atoms. The maximum atomic E-state index is 11.2. The van der Waals surface area contributed by atoms with Crippen molar-refractivity contribution in [1.29, 1.82) is 0 Å². The van der Waals surface area contributed by atoms with Gasteiger partial charge in [0.05, 0.1) is 0 Å². The van der Waals surface area contributed by atoms with E-state index in [1.807, 2.05) is 21.0 Å². The molecule has 0 radical (unpaired) electrons. The molecule has 0 saturated carbocycles. The van der Waals surface area contributed by atoms with Crippen molar-refractivity contribution < 1.29 is 4.79 Å². The SMILES string of the molecule is CC(=O)C(C)C(C(C)C)N(C)C. The third kappa shape index (κ3) is 2.94. The number of rotatable bonds is 4. The first-order chi connectivity index (χ1) is 5.37. The smallest absolute Gasteiger partial charge is 0.134 e. The zero-order valence-corrected chi connectivity index (χ0v) is 9.09. The third-order valence-electron chi connectivity index (χ3n) is 2.43. The van der Waals surface area contributed by atoms with E-state index < -0.39 is 0 Å². The van der Waals surface area contributed by atoms with Gasteiger partial charge in [-0.2, -0.15) is 0 Å². The minimum Gasteiger partial charge on any atom is -0.305 e. The molecule has 2 heteroatoms. The topological polar surface area (TPSA) is 20.3 Å². The molecule has 0 bridgehead atoms. The molecule has 0 amide bonds. The average Bonchev–Trinajstić information content (AvgIpc) is 1.85. The highest BCUT2D eigenvalue weighted by Gasteiger charge is 2.25. The number of hydrogen-bond donors (Lipinski definition) is 0. The van der Waals surface area contributed by atoms with Crippen molar-refractivity contribution >= 4 is 5.78 Å². The average molecular weight is 171 g/mol.